The van der Waals surface area contributed by atoms with Crippen LogP contribution >= 0.6 is 0 Å². The van der Waals surface area contributed by atoms with Crippen LogP contribution in [0.15, 0.2) is 67.0 Å². The van der Waals surface area contributed by atoms with Gasteiger partial charge in [0.15, 0.2) is 0 Å². The lowest BCUT2D eigenvalue weighted by Crippen LogP contribution is -2.37. The number of hydrogen-bond donors (Lipinski definition) is 2. The number of imidazole rings is 1. The molecule has 1 aliphatic heterocycles. The van der Waals surface area contributed by atoms with Gasteiger partial charge in [0, 0.05) is 43.1 Å². The summed E-state index contributed by atoms with van der Waals surface area (Å²) in [4.78, 5) is 12.9. The van der Waals surface area contributed by atoms with Crippen LogP contribution < -0.4 is 4.74 Å². The molecule has 7 nitrogen and oxygen atoms in total. The van der Waals surface area contributed by atoms with Crippen LogP contribution in [-0.4, -0.2) is 46.1 Å². The Morgan fingerprint density at radius 2 is 1.87 bits per heavy atom. The van der Waals surface area contributed by atoms with Crippen LogP contribution in [0.3, 0.4) is 0 Å². The van der Waals surface area contributed by atoms with Crippen molar-refractivity contribution in [1.29, 1.82) is 0 Å². The van der Waals surface area contributed by atoms with Gasteiger partial charge >= 0.3 is 0 Å². The number of ether oxygens (including phenoxy) is 2. The smallest absolute Gasteiger partial charge is 0.290 e. The van der Waals surface area contributed by atoms with Crippen molar-refractivity contribution in [2.24, 2.45) is 5.41 Å². The summed E-state index contributed by atoms with van der Waals surface area (Å²) in [6.45, 7) is 2.58. The second kappa shape index (κ2) is 11.3. The van der Waals surface area contributed by atoms with Crippen LogP contribution in [-0.2, 0) is 22.7 Å². The molecule has 0 atom stereocenters. The van der Waals surface area contributed by atoms with Gasteiger partial charge in [0.1, 0.15) is 18.2 Å². The Morgan fingerprint density at radius 3 is 2.58 bits per heavy atom. The SMILES string of the molecule is O=CO.OCC1(Cn2ccnc2-c2cccc(OCc3ccccc3)c2)CCOCC1. The molecule has 2 aromatic carbocycles. The average Bonchev–Trinajstić information content (AvgIpc) is 3.27. The van der Waals surface area contributed by atoms with Crippen LogP contribution in [0.2, 0.25) is 0 Å². The minimum Gasteiger partial charge on any atom is -0.489 e. The molecule has 0 bridgehead atoms. The Kier molecular flexibility index (Phi) is 8.20. The minimum atomic E-state index is -0.250. The molecule has 0 aliphatic carbocycles. The van der Waals surface area contributed by atoms with E-state index in [4.69, 9.17) is 19.4 Å². The van der Waals surface area contributed by atoms with E-state index in [0.717, 1.165) is 42.1 Å². The van der Waals surface area contributed by atoms with Crippen molar-refractivity contribution in [2.75, 3.05) is 19.8 Å². The highest BCUT2D eigenvalue weighted by atomic mass is 16.5. The normalized spacial score (nSPS) is 14.9. The molecule has 31 heavy (non-hydrogen) atoms. The molecule has 0 saturated carbocycles. The first-order valence-electron chi connectivity index (χ1n) is 10.2. The van der Waals surface area contributed by atoms with Gasteiger partial charge in [-0.1, -0.05) is 42.5 Å². The zero-order valence-electron chi connectivity index (χ0n) is 17.4. The van der Waals surface area contributed by atoms with Crippen molar-refractivity contribution in [3.05, 3.63) is 72.6 Å². The van der Waals surface area contributed by atoms with Crippen molar-refractivity contribution in [3.63, 3.8) is 0 Å². The molecule has 1 fully saturated rings. The monoisotopic (exact) mass is 424 g/mol. The van der Waals surface area contributed by atoms with Gasteiger partial charge in [-0.3, -0.25) is 4.79 Å². The Bertz CT molecular complexity index is 936. The fourth-order valence-corrected chi connectivity index (χ4v) is 3.69. The van der Waals surface area contributed by atoms with E-state index in [9.17, 15) is 5.11 Å². The molecular formula is C24H28N2O5. The topological polar surface area (TPSA) is 93.8 Å². The molecule has 0 unspecified atom stereocenters. The number of aliphatic hydroxyl groups is 1. The molecule has 0 spiro atoms. The third kappa shape index (κ3) is 6.16. The predicted octanol–water partition coefficient (Wildman–Crippen LogP) is 3.62. The average molecular weight is 424 g/mol. The van der Waals surface area contributed by atoms with Crippen molar-refractivity contribution in [1.82, 2.24) is 9.55 Å². The third-order valence-corrected chi connectivity index (χ3v) is 5.45. The van der Waals surface area contributed by atoms with E-state index in [2.05, 4.69) is 21.7 Å². The number of aliphatic hydroxyl groups excluding tert-OH is 1. The summed E-state index contributed by atoms with van der Waals surface area (Å²) in [6, 6.07) is 18.2. The fraction of sp³-hybridized carbons (Fsp3) is 0.333. The zero-order chi connectivity index (χ0) is 21.9. The maximum Gasteiger partial charge on any atom is 0.290 e. The number of aromatic nitrogens is 2. The van der Waals surface area contributed by atoms with Crippen LogP contribution in [0, 0.1) is 5.41 Å². The Labute approximate surface area is 181 Å². The molecule has 0 radical (unpaired) electrons. The standard InChI is InChI=1S/C23H26N2O3.CH2O2/c26-18-23(9-13-27-14-10-23)17-25-12-11-24-22(25)20-7-4-8-21(15-20)28-16-19-5-2-1-3-6-19;2-1-3/h1-8,11-12,15,26H,9-10,13-14,16-18H2;1H,(H,2,3). The van der Waals surface area contributed by atoms with E-state index in [1.807, 2.05) is 54.9 Å². The van der Waals surface area contributed by atoms with Crippen LogP contribution in [0.5, 0.6) is 5.75 Å². The van der Waals surface area contributed by atoms with E-state index in [1.54, 1.807) is 0 Å². The second-order valence-electron chi connectivity index (χ2n) is 7.56. The van der Waals surface area contributed by atoms with Gasteiger partial charge in [-0.05, 0) is 30.5 Å². The second-order valence-corrected chi connectivity index (χ2v) is 7.56. The van der Waals surface area contributed by atoms with E-state index in [-0.39, 0.29) is 18.5 Å². The summed E-state index contributed by atoms with van der Waals surface area (Å²) in [5.41, 5.74) is 2.00. The lowest BCUT2D eigenvalue weighted by atomic mass is 9.81. The van der Waals surface area contributed by atoms with Crippen molar-refractivity contribution >= 4 is 6.47 Å². The van der Waals surface area contributed by atoms with Gasteiger partial charge < -0.3 is 24.3 Å². The summed E-state index contributed by atoms with van der Waals surface area (Å²) < 4.78 is 13.6. The highest BCUT2D eigenvalue weighted by Gasteiger charge is 2.33. The Hall–Kier alpha value is -3.16. The van der Waals surface area contributed by atoms with Crippen molar-refractivity contribution in [2.45, 2.75) is 26.0 Å². The van der Waals surface area contributed by atoms with Gasteiger partial charge in [-0.15, -0.1) is 0 Å². The molecule has 3 aromatic rings. The van der Waals surface area contributed by atoms with Gasteiger partial charge in [0.05, 0.1) is 6.61 Å². The lowest BCUT2D eigenvalue weighted by Gasteiger charge is -2.36. The molecule has 1 saturated heterocycles. The maximum atomic E-state index is 10.0. The highest BCUT2D eigenvalue weighted by Crippen LogP contribution is 2.33. The molecule has 1 aliphatic rings. The summed E-state index contributed by atoms with van der Waals surface area (Å²) in [5.74, 6) is 1.71. The largest absolute Gasteiger partial charge is 0.489 e. The van der Waals surface area contributed by atoms with E-state index in [0.29, 0.717) is 19.8 Å². The van der Waals surface area contributed by atoms with Crippen LogP contribution in [0.25, 0.3) is 11.4 Å². The predicted molar refractivity (Wildman–Crippen MR) is 117 cm³/mol. The number of nitrogens with zero attached hydrogens (tertiary/aromatic N) is 2. The summed E-state index contributed by atoms with van der Waals surface area (Å²) in [7, 11) is 0. The molecular weight excluding hydrogens is 396 g/mol. The number of carbonyl (C=O) groups is 1. The van der Waals surface area contributed by atoms with Crippen molar-refractivity contribution < 1.29 is 24.5 Å². The van der Waals surface area contributed by atoms with Crippen LogP contribution in [0.1, 0.15) is 18.4 Å². The number of carboxylic acid groups (broad SMARTS) is 1. The van der Waals surface area contributed by atoms with Gasteiger partial charge in [0.25, 0.3) is 6.47 Å². The van der Waals surface area contributed by atoms with Gasteiger partial charge in [-0.2, -0.15) is 0 Å². The van der Waals surface area contributed by atoms with E-state index in [1.165, 1.54) is 0 Å². The number of rotatable bonds is 7. The lowest BCUT2D eigenvalue weighted by molar-refractivity contribution is -0.122. The fourth-order valence-electron chi connectivity index (χ4n) is 3.69. The first-order valence-corrected chi connectivity index (χ1v) is 10.2. The first-order chi connectivity index (χ1) is 15.2. The third-order valence-electron chi connectivity index (χ3n) is 5.45. The quantitative estimate of drug-likeness (QED) is 0.563. The molecule has 2 N–H and O–H groups in total. The zero-order valence-corrected chi connectivity index (χ0v) is 17.4. The summed E-state index contributed by atoms with van der Waals surface area (Å²) >= 11 is 0. The van der Waals surface area contributed by atoms with E-state index < -0.39 is 0 Å². The first kappa shape index (κ1) is 22.5. The molecule has 1 aromatic heterocycles. The van der Waals surface area contributed by atoms with Gasteiger partial charge in [-0.25, -0.2) is 4.98 Å². The maximum absolute atomic E-state index is 10.0. The molecule has 4 rings (SSSR count). The molecule has 2 heterocycles. The van der Waals surface area contributed by atoms with Crippen LogP contribution in [0.4, 0.5) is 0 Å². The Morgan fingerprint density at radius 1 is 1.13 bits per heavy atom. The number of hydrogen-bond acceptors (Lipinski definition) is 5. The molecule has 164 valence electrons. The highest BCUT2D eigenvalue weighted by molar-refractivity contribution is 5.58. The molecule has 0 amide bonds. The minimum absolute atomic E-state index is 0.144. The summed E-state index contributed by atoms with van der Waals surface area (Å²) in [6.07, 6.45) is 5.53. The summed E-state index contributed by atoms with van der Waals surface area (Å²) in [5, 5.41) is 16.9. The Balaban J connectivity index is 0.000000858. The van der Waals surface area contributed by atoms with Gasteiger partial charge in [0.2, 0.25) is 0 Å². The number of benzene rings is 2. The van der Waals surface area contributed by atoms with E-state index >= 15 is 0 Å². The van der Waals surface area contributed by atoms with Crippen molar-refractivity contribution in [3.8, 4) is 17.1 Å². The molecule has 7 heteroatoms.